The second-order valence-corrected chi connectivity index (χ2v) is 4.78. The van der Waals surface area contributed by atoms with E-state index >= 15 is 0 Å². The summed E-state index contributed by atoms with van der Waals surface area (Å²) in [5.74, 6) is 0.656. The average molecular weight is 259 g/mol. The molecule has 0 bridgehead atoms. The van der Waals surface area contributed by atoms with Crippen LogP contribution in [0.15, 0.2) is 0 Å². The molecule has 110 valence electrons. The third kappa shape index (κ3) is 11.9. The topological polar surface area (TPSA) is 49.3 Å². The largest absolute Gasteiger partial charge is 0.396 e. The molecule has 0 fully saturated rings. The van der Waals surface area contributed by atoms with Crippen LogP contribution >= 0.6 is 0 Å². The number of carbonyl (C=O) groups excluding carboxylic acids is 1. The van der Waals surface area contributed by atoms with Gasteiger partial charge in [-0.15, -0.1) is 0 Å². The van der Waals surface area contributed by atoms with Crippen molar-refractivity contribution in [2.24, 2.45) is 11.8 Å². The number of unbranched alkanes of at least 4 members (excludes halogenated alkanes) is 1. The van der Waals surface area contributed by atoms with Crippen LogP contribution in [0.4, 0.5) is 0 Å². The molecule has 0 aromatic heterocycles. The molecule has 0 aliphatic rings. The molecule has 1 amide bonds. The number of aliphatic hydroxyl groups excluding tert-OH is 1. The van der Waals surface area contributed by atoms with Crippen LogP contribution in [-0.4, -0.2) is 24.2 Å². The van der Waals surface area contributed by atoms with Gasteiger partial charge in [0, 0.05) is 19.1 Å². The Morgan fingerprint density at radius 1 is 1.17 bits per heavy atom. The molecule has 0 aliphatic heterocycles. The monoisotopic (exact) mass is 259 g/mol. The molecule has 0 radical (unpaired) electrons. The third-order valence-electron chi connectivity index (χ3n) is 2.82. The highest BCUT2D eigenvalue weighted by atomic mass is 16.3. The van der Waals surface area contributed by atoms with Crippen LogP contribution in [-0.2, 0) is 4.79 Å². The summed E-state index contributed by atoms with van der Waals surface area (Å²) in [6.07, 6.45) is 5.41. The van der Waals surface area contributed by atoms with E-state index in [1.54, 1.807) is 0 Å². The van der Waals surface area contributed by atoms with Crippen LogP contribution in [0, 0.1) is 11.8 Å². The smallest absolute Gasteiger partial charge is 0.222 e. The van der Waals surface area contributed by atoms with E-state index in [0.717, 1.165) is 38.6 Å². The van der Waals surface area contributed by atoms with Gasteiger partial charge in [-0.2, -0.15) is 0 Å². The van der Waals surface area contributed by atoms with Crippen LogP contribution < -0.4 is 5.32 Å². The minimum atomic E-state index is 0.0743. The van der Waals surface area contributed by atoms with Gasteiger partial charge in [-0.1, -0.05) is 47.5 Å². The molecule has 0 aliphatic carbocycles. The van der Waals surface area contributed by atoms with Crippen molar-refractivity contribution in [2.75, 3.05) is 13.2 Å². The van der Waals surface area contributed by atoms with E-state index in [2.05, 4.69) is 12.2 Å². The van der Waals surface area contributed by atoms with E-state index in [-0.39, 0.29) is 11.8 Å². The number of hydrogen-bond acceptors (Lipinski definition) is 2. The van der Waals surface area contributed by atoms with Gasteiger partial charge < -0.3 is 10.4 Å². The second kappa shape index (κ2) is 14.5. The predicted molar refractivity (Wildman–Crippen MR) is 78.5 cm³/mol. The number of hydrogen-bond donors (Lipinski definition) is 2. The Morgan fingerprint density at radius 2 is 1.78 bits per heavy atom. The number of rotatable bonds is 9. The maximum atomic E-state index is 11.2. The Morgan fingerprint density at radius 3 is 2.22 bits per heavy atom. The highest BCUT2D eigenvalue weighted by molar-refractivity contribution is 5.77. The Hall–Kier alpha value is -0.570. The molecule has 0 saturated carbocycles. The second-order valence-electron chi connectivity index (χ2n) is 4.78. The van der Waals surface area contributed by atoms with Gasteiger partial charge in [-0.25, -0.2) is 0 Å². The first-order valence-electron chi connectivity index (χ1n) is 7.50. The molecular formula is C15H33NO2. The van der Waals surface area contributed by atoms with Gasteiger partial charge >= 0.3 is 0 Å². The molecule has 0 spiro atoms. The SMILES string of the molecule is CC.CCCC(CO)CCCCNC(=O)C(C)C. The molecule has 18 heavy (non-hydrogen) atoms. The Kier molecular flexibility index (Phi) is 15.9. The van der Waals surface area contributed by atoms with Crippen molar-refractivity contribution in [1.29, 1.82) is 0 Å². The first-order chi connectivity index (χ1) is 8.61. The van der Waals surface area contributed by atoms with Gasteiger partial charge in [0.25, 0.3) is 0 Å². The summed E-state index contributed by atoms with van der Waals surface area (Å²) in [6.45, 7) is 11.0. The predicted octanol–water partition coefficient (Wildman–Crippen LogP) is 3.36. The van der Waals surface area contributed by atoms with Crippen LogP contribution in [0.5, 0.6) is 0 Å². The molecule has 0 saturated heterocycles. The van der Waals surface area contributed by atoms with E-state index in [4.69, 9.17) is 5.11 Å². The van der Waals surface area contributed by atoms with Crippen molar-refractivity contribution in [3.63, 3.8) is 0 Å². The summed E-state index contributed by atoms with van der Waals surface area (Å²) in [7, 11) is 0. The standard InChI is InChI=1S/C13H27NO2.C2H6/c1-4-7-12(10-15)8-5-6-9-14-13(16)11(2)3;1-2/h11-12,15H,4-10H2,1-3H3,(H,14,16);1-2H3. The van der Waals surface area contributed by atoms with Crippen LogP contribution in [0.3, 0.4) is 0 Å². The van der Waals surface area contributed by atoms with Crippen molar-refractivity contribution < 1.29 is 9.90 Å². The fraction of sp³-hybridized carbons (Fsp3) is 0.933. The van der Waals surface area contributed by atoms with E-state index in [9.17, 15) is 4.79 Å². The van der Waals surface area contributed by atoms with Gasteiger partial charge in [0.2, 0.25) is 5.91 Å². The zero-order valence-corrected chi connectivity index (χ0v) is 13.0. The van der Waals surface area contributed by atoms with E-state index < -0.39 is 0 Å². The minimum Gasteiger partial charge on any atom is -0.396 e. The average Bonchev–Trinajstić information content (AvgIpc) is 2.39. The molecule has 1 atom stereocenters. The maximum absolute atomic E-state index is 11.2. The maximum Gasteiger partial charge on any atom is 0.222 e. The van der Waals surface area contributed by atoms with Crippen molar-refractivity contribution in [3.05, 3.63) is 0 Å². The van der Waals surface area contributed by atoms with Gasteiger partial charge in [0.1, 0.15) is 0 Å². The molecule has 0 rings (SSSR count). The third-order valence-corrected chi connectivity index (χ3v) is 2.82. The lowest BCUT2D eigenvalue weighted by Gasteiger charge is -2.13. The first-order valence-corrected chi connectivity index (χ1v) is 7.50. The van der Waals surface area contributed by atoms with Crippen molar-refractivity contribution >= 4 is 5.91 Å². The molecule has 0 heterocycles. The Bertz CT molecular complexity index is 181. The number of carbonyl (C=O) groups is 1. The lowest BCUT2D eigenvalue weighted by Crippen LogP contribution is -2.28. The summed E-state index contributed by atoms with van der Waals surface area (Å²) < 4.78 is 0. The molecule has 2 N–H and O–H groups in total. The summed E-state index contributed by atoms with van der Waals surface area (Å²) in [4.78, 5) is 11.2. The summed E-state index contributed by atoms with van der Waals surface area (Å²) >= 11 is 0. The lowest BCUT2D eigenvalue weighted by molar-refractivity contribution is -0.123. The normalized spacial score (nSPS) is 11.7. The van der Waals surface area contributed by atoms with Gasteiger partial charge in [0.05, 0.1) is 0 Å². The Balaban J connectivity index is 0. The van der Waals surface area contributed by atoms with Crippen LogP contribution in [0.2, 0.25) is 0 Å². The molecule has 1 unspecified atom stereocenters. The number of amides is 1. The first kappa shape index (κ1) is 19.8. The fourth-order valence-corrected chi connectivity index (χ4v) is 1.71. The molecule has 3 heteroatoms. The lowest BCUT2D eigenvalue weighted by atomic mass is 9.98. The molecular weight excluding hydrogens is 226 g/mol. The van der Waals surface area contributed by atoms with Crippen molar-refractivity contribution in [1.82, 2.24) is 5.32 Å². The van der Waals surface area contributed by atoms with Gasteiger partial charge in [-0.3, -0.25) is 4.79 Å². The van der Waals surface area contributed by atoms with Crippen molar-refractivity contribution in [2.45, 2.75) is 66.7 Å². The Labute approximate surface area is 113 Å². The van der Waals surface area contributed by atoms with E-state index in [1.165, 1.54) is 0 Å². The highest BCUT2D eigenvalue weighted by Crippen LogP contribution is 2.13. The molecule has 0 aromatic rings. The fourth-order valence-electron chi connectivity index (χ4n) is 1.71. The van der Waals surface area contributed by atoms with Gasteiger partial charge in [0.15, 0.2) is 0 Å². The number of nitrogens with one attached hydrogen (secondary N) is 1. The summed E-state index contributed by atoms with van der Waals surface area (Å²) in [6, 6.07) is 0. The van der Waals surface area contributed by atoms with Crippen molar-refractivity contribution in [3.8, 4) is 0 Å². The zero-order valence-electron chi connectivity index (χ0n) is 13.0. The summed E-state index contributed by atoms with van der Waals surface area (Å²) in [5, 5.41) is 12.0. The van der Waals surface area contributed by atoms with Crippen LogP contribution in [0.1, 0.15) is 66.7 Å². The minimum absolute atomic E-state index is 0.0743. The quantitative estimate of drug-likeness (QED) is 0.624. The summed E-state index contributed by atoms with van der Waals surface area (Å²) in [5.41, 5.74) is 0. The zero-order chi connectivity index (χ0) is 14.4. The van der Waals surface area contributed by atoms with Crippen LogP contribution in [0.25, 0.3) is 0 Å². The molecule has 3 nitrogen and oxygen atoms in total. The molecule has 0 aromatic carbocycles. The van der Waals surface area contributed by atoms with Gasteiger partial charge in [-0.05, 0) is 25.2 Å². The number of aliphatic hydroxyl groups is 1. The highest BCUT2D eigenvalue weighted by Gasteiger charge is 2.07. The van der Waals surface area contributed by atoms with E-state index in [0.29, 0.717) is 12.5 Å². The van der Waals surface area contributed by atoms with E-state index in [1.807, 2.05) is 27.7 Å².